The van der Waals surface area contributed by atoms with Crippen molar-refractivity contribution >= 4 is 34.9 Å². The fourth-order valence-electron chi connectivity index (χ4n) is 0.581. The average molecular weight is 232 g/mol. The summed E-state index contributed by atoms with van der Waals surface area (Å²) in [6.45, 7) is 1.29. The Bertz CT molecular complexity index is 305. The van der Waals surface area contributed by atoms with Crippen LogP contribution in [0.15, 0.2) is 0 Å². The number of thiocarbonyl (C=S) groups is 1. The predicted octanol–water partition coefficient (Wildman–Crippen LogP) is -2.62. The molecule has 0 spiro atoms. The van der Waals surface area contributed by atoms with E-state index in [1.165, 1.54) is 6.92 Å². The molecular weight excluding hydrogens is 220 g/mol. The maximum Gasteiger partial charge on any atom is 0.309 e. The molecule has 0 aromatic rings. The van der Waals surface area contributed by atoms with Crippen molar-refractivity contribution in [3.63, 3.8) is 0 Å². The standard InChI is InChI=1S/C7H12N4O3S/c1-3(5(9)12)11-7(14)6(13)10-2-4(8)15/h3H,2H2,1H3,(H2,8,15)(H2,9,12)(H,10,13)(H,11,14). The second kappa shape index (κ2) is 5.91. The summed E-state index contributed by atoms with van der Waals surface area (Å²) in [6.07, 6.45) is 0. The van der Waals surface area contributed by atoms with Gasteiger partial charge in [0.15, 0.2) is 0 Å². The Balaban J connectivity index is 4.05. The van der Waals surface area contributed by atoms with Crippen LogP contribution in [0.3, 0.4) is 0 Å². The lowest BCUT2D eigenvalue weighted by Crippen LogP contribution is -2.49. The minimum Gasteiger partial charge on any atom is -0.392 e. The van der Waals surface area contributed by atoms with Gasteiger partial charge in [0.05, 0.1) is 11.5 Å². The minimum atomic E-state index is -0.961. The van der Waals surface area contributed by atoms with Gasteiger partial charge in [0.1, 0.15) is 6.04 Å². The van der Waals surface area contributed by atoms with E-state index in [4.69, 9.17) is 11.5 Å². The van der Waals surface area contributed by atoms with Gasteiger partial charge in [0.25, 0.3) is 0 Å². The smallest absolute Gasteiger partial charge is 0.309 e. The van der Waals surface area contributed by atoms with Crippen molar-refractivity contribution < 1.29 is 14.4 Å². The van der Waals surface area contributed by atoms with Gasteiger partial charge in [-0.2, -0.15) is 0 Å². The van der Waals surface area contributed by atoms with E-state index in [0.717, 1.165) is 0 Å². The van der Waals surface area contributed by atoms with Crippen molar-refractivity contribution in [2.75, 3.05) is 6.54 Å². The molecule has 0 radical (unpaired) electrons. The van der Waals surface area contributed by atoms with E-state index in [-0.39, 0.29) is 11.5 Å². The van der Waals surface area contributed by atoms with E-state index >= 15 is 0 Å². The van der Waals surface area contributed by atoms with Gasteiger partial charge in [-0.05, 0) is 6.92 Å². The number of rotatable bonds is 4. The molecule has 1 atom stereocenters. The van der Waals surface area contributed by atoms with Gasteiger partial charge in [0, 0.05) is 0 Å². The third-order valence-corrected chi connectivity index (χ3v) is 1.55. The summed E-state index contributed by atoms with van der Waals surface area (Å²) in [7, 11) is 0. The molecule has 0 fully saturated rings. The summed E-state index contributed by atoms with van der Waals surface area (Å²) >= 11 is 4.49. The number of hydrogen-bond donors (Lipinski definition) is 4. The number of primary amides is 1. The van der Waals surface area contributed by atoms with Crippen molar-refractivity contribution in [2.45, 2.75) is 13.0 Å². The first-order valence-corrected chi connectivity index (χ1v) is 4.41. The summed E-state index contributed by atoms with van der Waals surface area (Å²) in [6, 6.07) is -0.909. The average Bonchev–Trinajstić information content (AvgIpc) is 2.13. The first-order chi connectivity index (χ1) is 6.84. The summed E-state index contributed by atoms with van der Waals surface area (Å²) in [4.78, 5) is 32.7. The van der Waals surface area contributed by atoms with Crippen LogP contribution in [0.25, 0.3) is 0 Å². The molecule has 15 heavy (non-hydrogen) atoms. The molecule has 0 rings (SSSR count). The monoisotopic (exact) mass is 232 g/mol. The molecule has 84 valence electrons. The molecule has 0 aliphatic heterocycles. The highest BCUT2D eigenvalue weighted by atomic mass is 32.1. The fourth-order valence-corrected chi connectivity index (χ4v) is 0.653. The third kappa shape index (κ3) is 5.57. The fraction of sp³-hybridized carbons (Fsp3) is 0.429. The van der Waals surface area contributed by atoms with E-state index in [0.29, 0.717) is 0 Å². The van der Waals surface area contributed by atoms with Crippen LogP contribution in [0.4, 0.5) is 0 Å². The lowest BCUT2D eigenvalue weighted by atomic mass is 10.3. The lowest BCUT2D eigenvalue weighted by molar-refractivity contribution is -0.140. The Morgan fingerprint density at radius 2 is 1.80 bits per heavy atom. The summed E-state index contributed by atoms with van der Waals surface area (Å²) in [5.74, 6) is -2.61. The number of nitrogens with two attached hydrogens (primary N) is 2. The van der Waals surface area contributed by atoms with Gasteiger partial charge >= 0.3 is 11.8 Å². The molecule has 0 heterocycles. The highest BCUT2D eigenvalue weighted by molar-refractivity contribution is 7.80. The van der Waals surface area contributed by atoms with Gasteiger partial charge in [-0.1, -0.05) is 12.2 Å². The Morgan fingerprint density at radius 1 is 1.27 bits per heavy atom. The van der Waals surface area contributed by atoms with Gasteiger partial charge in [-0.15, -0.1) is 0 Å². The first kappa shape index (κ1) is 13.3. The molecule has 3 amide bonds. The molecule has 0 aliphatic carbocycles. The topological polar surface area (TPSA) is 127 Å². The quantitative estimate of drug-likeness (QED) is 0.312. The van der Waals surface area contributed by atoms with Crippen molar-refractivity contribution in [1.82, 2.24) is 10.6 Å². The van der Waals surface area contributed by atoms with Crippen LogP contribution in [-0.2, 0) is 14.4 Å². The Kier molecular flexibility index (Phi) is 5.24. The number of carbonyl (C=O) groups excluding carboxylic acids is 3. The molecule has 0 bridgehead atoms. The Labute approximate surface area is 91.6 Å². The molecule has 8 heteroatoms. The molecule has 6 N–H and O–H groups in total. The molecule has 0 aromatic heterocycles. The van der Waals surface area contributed by atoms with Gasteiger partial charge in [0.2, 0.25) is 5.91 Å². The highest BCUT2D eigenvalue weighted by Gasteiger charge is 2.18. The Hall–Kier alpha value is -1.70. The number of amides is 3. The zero-order valence-electron chi connectivity index (χ0n) is 8.07. The maximum atomic E-state index is 11.1. The molecule has 0 aliphatic rings. The van der Waals surface area contributed by atoms with Crippen LogP contribution in [0.5, 0.6) is 0 Å². The van der Waals surface area contributed by atoms with E-state index in [1.807, 2.05) is 0 Å². The second-order valence-electron chi connectivity index (χ2n) is 2.75. The van der Waals surface area contributed by atoms with Crippen molar-refractivity contribution in [3.05, 3.63) is 0 Å². The van der Waals surface area contributed by atoms with Gasteiger partial charge in [-0.3, -0.25) is 14.4 Å². The summed E-state index contributed by atoms with van der Waals surface area (Å²) in [5, 5.41) is 4.25. The first-order valence-electron chi connectivity index (χ1n) is 4.01. The summed E-state index contributed by atoms with van der Waals surface area (Å²) < 4.78 is 0. The van der Waals surface area contributed by atoms with E-state index in [2.05, 4.69) is 22.9 Å². The zero-order chi connectivity index (χ0) is 12.0. The number of carbonyl (C=O) groups is 3. The molecule has 0 saturated carbocycles. The van der Waals surface area contributed by atoms with Crippen LogP contribution in [0, 0.1) is 0 Å². The van der Waals surface area contributed by atoms with Crippen molar-refractivity contribution in [3.8, 4) is 0 Å². The van der Waals surface area contributed by atoms with Crippen LogP contribution >= 0.6 is 12.2 Å². The summed E-state index contributed by atoms with van der Waals surface area (Å²) in [5.41, 5.74) is 9.98. The molecule has 7 nitrogen and oxygen atoms in total. The lowest BCUT2D eigenvalue weighted by Gasteiger charge is -2.09. The zero-order valence-corrected chi connectivity index (χ0v) is 8.89. The van der Waals surface area contributed by atoms with Crippen molar-refractivity contribution in [2.24, 2.45) is 11.5 Å². The van der Waals surface area contributed by atoms with Gasteiger partial charge < -0.3 is 22.1 Å². The highest BCUT2D eigenvalue weighted by Crippen LogP contribution is 1.79. The molecule has 0 aromatic carbocycles. The Morgan fingerprint density at radius 3 is 2.20 bits per heavy atom. The molecule has 0 saturated heterocycles. The van der Waals surface area contributed by atoms with Gasteiger partial charge in [-0.25, -0.2) is 0 Å². The van der Waals surface area contributed by atoms with E-state index < -0.39 is 23.8 Å². The molecular formula is C7H12N4O3S. The maximum absolute atomic E-state index is 11.1. The normalized spacial score (nSPS) is 11.3. The molecule has 1 unspecified atom stereocenters. The van der Waals surface area contributed by atoms with Crippen LogP contribution in [-0.4, -0.2) is 35.3 Å². The van der Waals surface area contributed by atoms with E-state index in [9.17, 15) is 14.4 Å². The van der Waals surface area contributed by atoms with Crippen molar-refractivity contribution in [1.29, 1.82) is 0 Å². The van der Waals surface area contributed by atoms with E-state index in [1.54, 1.807) is 0 Å². The SMILES string of the molecule is CC(NC(=O)C(=O)NCC(N)=S)C(N)=O. The number of hydrogen-bond acceptors (Lipinski definition) is 4. The third-order valence-electron chi connectivity index (χ3n) is 1.40. The predicted molar refractivity (Wildman–Crippen MR) is 56.6 cm³/mol. The van der Waals surface area contributed by atoms with Crippen LogP contribution in [0.1, 0.15) is 6.92 Å². The second-order valence-corrected chi connectivity index (χ2v) is 3.27. The number of nitrogens with one attached hydrogen (secondary N) is 2. The largest absolute Gasteiger partial charge is 0.392 e. The minimum absolute atomic E-state index is 0.0547. The van der Waals surface area contributed by atoms with Crippen LogP contribution < -0.4 is 22.1 Å². The van der Waals surface area contributed by atoms with Crippen LogP contribution in [0.2, 0.25) is 0 Å².